The molecule has 0 aromatic rings. The van der Waals surface area contributed by atoms with Crippen molar-refractivity contribution < 1.29 is 9.90 Å². The lowest BCUT2D eigenvalue weighted by molar-refractivity contribution is -0.114. The molecule has 76 valence electrons. The summed E-state index contributed by atoms with van der Waals surface area (Å²) in [5.74, 6) is 0.130. The molecule has 0 spiro atoms. The summed E-state index contributed by atoms with van der Waals surface area (Å²) in [6.45, 7) is 2.14. The van der Waals surface area contributed by atoms with Gasteiger partial charge in [-0.05, 0) is 12.5 Å². The molecular formula is C11H20O2. The van der Waals surface area contributed by atoms with Gasteiger partial charge < -0.3 is 5.11 Å². The van der Waals surface area contributed by atoms with Crippen molar-refractivity contribution >= 4 is 5.78 Å². The SMILES string of the molecule is CCCCCCCC(=O)/C=C/CO. The molecule has 0 unspecified atom stereocenters. The van der Waals surface area contributed by atoms with E-state index in [0.29, 0.717) is 6.42 Å². The first-order valence-electron chi connectivity index (χ1n) is 5.11. The van der Waals surface area contributed by atoms with Gasteiger partial charge in [0.1, 0.15) is 0 Å². The first-order valence-corrected chi connectivity index (χ1v) is 5.11. The van der Waals surface area contributed by atoms with Crippen LogP contribution in [0.25, 0.3) is 0 Å². The largest absolute Gasteiger partial charge is 0.392 e. The molecule has 0 rings (SSSR count). The fourth-order valence-electron chi connectivity index (χ4n) is 1.17. The van der Waals surface area contributed by atoms with Gasteiger partial charge >= 0.3 is 0 Å². The lowest BCUT2D eigenvalue weighted by Crippen LogP contribution is -1.92. The molecule has 2 nitrogen and oxygen atoms in total. The van der Waals surface area contributed by atoms with Crippen molar-refractivity contribution in [1.82, 2.24) is 0 Å². The minimum absolute atomic E-state index is 0.0401. The molecule has 13 heavy (non-hydrogen) atoms. The Morgan fingerprint density at radius 2 is 1.92 bits per heavy atom. The predicted octanol–water partition coefficient (Wildman–Crippen LogP) is 2.46. The Balaban J connectivity index is 3.22. The standard InChI is InChI=1S/C11H20O2/c1-2-3-4-5-6-8-11(13)9-7-10-12/h7,9,12H,2-6,8,10H2,1H3/b9-7+. The zero-order valence-corrected chi connectivity index (χ0v) is 8.46. The third-order valence-corrected chi connectivity index (χ3v) is 1.94. The summed E-state index contributed by atoms with van der Waals surface area (Å²) < 4.78 is 0. The van der Waals surface area contributed by atoms with Crippen LogP contribution in [0.5, 0.6) is 0 Å². The van der Waals surface area contributed by atoms with Crippen molar-refractivity contribution in [3.8, 4) is 0 Å². The van der Waals surface area contributed by atoms with Gasteiger partial charge in [-0.3, -0.25) is 4.79 Å². The Bertz CT molecular complexity index is 150. The molecule has 1 N–H and O–H groups in total. The highest BCUT2D eigenvalue weighted by atomic mass is 16.2. The number of aliphatic hydroxyl groups excluding tert-OH is 1. The van der Waals surface area contributed by atoms with Gasteiger partial charge in [-0.25, -0.2) is 0 Å². The number of ketones is 1. The average Bonchev–Trinajstić information content (AvgIpc) is 2.14. The summed E-state index contributed by atoms with van der Waals surface area (Å²) in [7, 11) is 0. The van der Waals surface area contributed by atoms with Gasteiger partial charge in [0.05, 0.1) is 6.61 Å². The van der Waals surface area contributed by atoms with E-state index in [2.05, 4.69) is 6.92 Å². The van der Waals surface area contributed by atoms with Crippen molar-refractivity contribution in [2.75, 3.05) is 6.61 Å². The first kappa shape index (κ1) is 12.4. The maximum absolute atomic E-state index is 11.0. The molecule has 0 atom stereocenters. The van der Waals surface area contributed by atoms with Crippen molar-refractivity contribution in [2.24, 2.45) is 0 Å². The maximum Gasteiger partial charge on any atom is 0.155 e. The van der Waals surface area contributed by atoms with Gasteiger partial charge in [0.15, 0.2) is 5.78 Å². The van der Waals surface area contributed by atoms with E-state index in [1.807, 2.05) is 0 Å². The van der Waals surface area contributed by atoms with E-state index in [9.17, 15) is 4.79 Å². The van der Waals surface area contributed by atoms with Crippen LogP contribution in [0.2, 0.25) is 0 Å². The molecule has 0 saturated carbocycles. The fraction of sp³-hybridized carbons (Fsp3) is 0.727. The quantitative estimate of drug-likeness (QED) is 0.465. The molecule has 0 radical (unpaired) electrons. The van der Waals surface area contributed by atoms with Gasteiger partial charge in [-0.15, -0.1) is 0 Å². The number of carbonyl (C=O) groups excluding carboxylic acids is 1. The highest BCUT2D eigenvalue weighted by molar-refractivity contribution is 5.89. The minimum Gasteiger partial charge on any atom is -0.392 e. The summed E-state index contributed by atoms with van der Waals surface area (Å²) in [6.07, 6.45) is 9.45. The summed E-state index contributed by atoms with van der Waals surface area (Å²) in [5.41, 5.74) is 0. The zero-order valence-electron chi connectivity index (χ0n) is 8.46. The second-order valence-corrected chi connectivity index (χ2v) is 3.22. The number of rotatable bonds is 8. The van der Waals surface area contributed by atoms with E-state index in [1.165, 1.54) is 31.4 Å². The minimum atomic E-state index is -0.0401. The molecule has 0 heterocycles. The van der Waals surface area contributed by atoms with E-state index >= 15 is 0 Å². The lowest BCUT2D eigenvalue weighted by atomic mass is 10.1. The van der Waals surface area contributed by atoms with E-state index in [1.54, 1.807) is 0 Å². The highest BCUT2D eigenvalue weighted by Gasteiger charge is 1.95. The molecule has 0 fully saturated rings. The molecule has 0 aromatic heterocycles. The van der Waals surface area contributed by atoms with Gasteiger partial charge in [-0.1, -0.05) is 38.7 Å². The second-order valence-electron chi connectivity index (χ2n) is 3.22. The molecule has 0 saturated heterocycles. The molecule has 0 amide bonds. The fourth-order valence-corrected chi connectivity index (χ4v) is 1.17. The van der Waals surface area contributed by atoms with E-state index in [4.69, 9.17) is 5.11 Å². The number of hydrogen-bond acceptors (Lipinski definition) is 2. The molecular weight excluding hydrogens is 164 g/mol. The van der Waals surface area contributed by atoms with Crippen LogP contribution in [0.1, 0.15) is 45.4 Å². The van der Waals surface area contributed by atoms with Crippen LogP contribution >= 0.6 is 0 Å². The lowest BCUT2D eigenvalue weighted by Gasteiger charge is -1.96. The normalized spacial score (nSPS) is 10.9. The van der Waals surface area contributed by atoms with E-state index < -0.39 is 0 Å². The average molecular weight is 184 g/mol. The predicted molar refractivity (Wildman–Crippen MR) is 54.6 cm³/mol. The van der Waals surface area contributed by atoms with Crippen LogP contribution in [0.3, 0.4) is 0 Å². The van der Waals surface area contributed by atoms with Crippen molar-refractivity contribution in [3.05, 3.63) is 12.2 Å². The molecule has 0 aliphatic carbocycles. The number of allylic oxidation sites excluding steroid dienone is 1. The van der Waals surface area contributed by atoms with Crippen LogP contribution in [0, 0.1) is 0 Å². The molecule has 2 heteroatoms. The Morgan fingerprint density at radius 3 is 2.54 bits per heavy atom. The number of hydrogen-bond donors (Lipinski definition) is 1. The van der Waals surface area contributed by atoms with Gasteiger partial charge in [0.2, 0.25) is 0 Å². The number of unbranched alkanes of at least 4 members (excludes halogenated alkanes) is 4. The highest BCUT2D eigenvalue weighted by Crippen LogP contribution is 2.05. The molecule has 0 bridgehead atoms. The van der Waals surface area contributed by atoms with Crippen LogP contribution in [0.4, 0.5) is 0 Å². The summed E-state index contributed by atoms with van der Waals surface area (Å²) in [6, 6.07) is 0. The molecule has 0 aromatic carbocycles. The number of carbonyl (C=O) groups is 1. The Hall–Kier alpha value is -0.630. The monoisotopic (exact) mass is 184 g/mol. The third kappa shape index (κ3) is 9.28. The zero-order chi connectivity index (χ0) is 9.94. The first-order chi connectivity index (χ1) is 6.31. The van der Waals surface area contributed by atoms with Gasteiger partial charge in [0, 0.05) is 6.42 Å². The van der Waals surface area contributed by atoms with Crippen LogP contribution in [-0.2, 0) is 4.79 Å². The van der Waals surface area contributed by atoms with Crippen molar-refractivity contribution in [2.45, 2.75) is 45.4 Å². The summed E-state index contributed by atoms with van der Waals surface area (Å²) in [4.78, 5) is 11.0. The smallest absolute Gasteiger partial charge is 0.155 e. The van der Waals surface area contributed by atoms with E-state index in [0.717, 1.165) is 12.8 Å². The maximum atomic E-state index is 11.0. The van der Waals surface area contributed by atoms with E-state index in [-0.39, 0.29) is 12.4 Å². The Morgan fingerprint density at radius 1 is 1.23 bits per heavy atom. The topological polar surface area (TPSA) is 37.3 Å². The van der Waals surface area contributed by atoms with Crippen molar-refractivity contribution in [1.29, 1.82) is 0 Å². The Kier molecular flexibility index (Phi) is 9.00. The van der Waals surface area contributed by atoms with Crippen molar-refractivity contribution in [3.63, 3.8) is 0 Å². The van der Waals surface area contributed by atoms with Crippen LogP contribution in [-0.4, -0.2) is 17.5 Å². The Labute approximate surface area is 80.7 Å². The second kappa shape index (κ2) is 9.46. The molecule has 0 aliphatic rings. The summed E-state index contributed by atoms with van der Waals surface area (Å²) >= 11 is 0. The summed E-state index contributed by atoms with van der Waals surface area (Å²) in [5, 5.41) is 8.42. The van der Waals surface area contributed by atoms with Crippen LogP contribution in [0.15, 0.2) is 12.2 Å². The van der Waals surface area contributed by atoms with Crippen LogP contribution < -0.4 is 0 Å². The number of aliphatic hydroxyl groups is 1. The molecule has 0 aliphatic heterocycles. The third-order valence-electron chi connectivity index (χ3n) is 1.94. The van der Waals surface area contributed by atoms with Gasteiger partial charge in [0.25, 0.3) is 0 Å². The van der Waals surface area contributed by atoms with Gasteiger partial charge in [-0.2, -0.15) is 0 Å².